The molecule has 1 unspecified atom stereocenters. The molecule has 0 aromatic heterocycles. The molecule has 428 valence electrons. The van der Waals surface area contributed by atoms with Gasteiger partial charge in [-0.2, -0.15) is 0 Å². The van der Waals surface area contributed by atoms with Gasteiger partial charge in [0.25, 0.3) is 0 Å². The maximum absolute atomic E-state index is 12.9. The lowest BCUT2D eigenvalue weighted by molar-refractivity contribution is -0.167. The van der Waals surface area contributed by atoms with Crippen molar-refractivity contribution >= 4 is 17.9 Å². The fraction of sp³-hybridized carbons (Fsp3) is 0.866. The number of unbranched alkanes of at least 4 members (excludes halogenated alkanes) is 43. The molecular weight excluding hydrogens is 901 g/mol. The van der Waals surface area contributed by atoms with E-state index in [0.29, 0.717) is 19.3 Å². The molecule has 0 aromatic rings. The normalized spacial score (nSPS) is 12.2. The molecule has 0 aliphatic rings. The van der Waals surface area contributed by atoms with Crippen LogP contribution < -0.4 is 0 Å². The first-order valence-corrected chi connectivity index (χ1v) is 32.5. The van der Waals surface area contributed by atoms with Crippen LogP contribution in [0.5, 0.6) is 0 Å². The van der Waals surface area contributed by atoms with Crippen molar-refractivity contribution in [1.29, 1.82) is 0 Å². The summed E-state index contributed by atoms with van der Waals surface area (Å²) in [7, 11) is 0. The van der Waals surface area contributed by atoms with Gasteiger partial charge in [0.1, 0.15) is 13.2 Å². The van der Waals surface area contributed by atoms with Crippen molar-refractivity contribution in [3.05, 3.63) is 36.5 Å². The molecular formula is C67H124O6. The lowest BCUT2D eigenvalue weighted by atomic mass is 10.0. The molecule has 0 fully saturated rings. The summed E-state index contributed by atoms with van der Waals surface area (Å²) in [6.07, 6.45) is 76.0. The van der Waals surface area contributed by atoms with Gasteiger partial charge in [0.15, 0.2) is 6.10 Å². The van der Waals surface area contributed by atoms with E-state index >= 15 is 0 Å². The molecule has 0 heterocycles. The van der Waals surface area contributed by atoms with Crippen molar-refractivity contribution in [2.45, 2.75) is 361 Å². The van der Waals surface area contributed by atoms with Gasteiger partial charge in [0, 0.05) is 19.3 Å². The molecule has 0 radical (unpaired) electrons. The Hall–Kier alpha value is -2.37. The lowest BCUT2D eigenvalue weighted by Crippen LogP contribution is -2.30. The Morgan fingerprint density at radius 3 is 0.767 bits per heavy atom. The Kier molecular flexibility index (Phi) is 60.2. The van der Waals surface area contributed by atoms with Crippen molar-refractivity contribution in [1.82, 2.24) is 0 Å². The van der Waals surface area contributed by atoms with Crippen molar-refractivity contribution in [2.75, 3.05) is 13.2 Å². The fourth-order valence-corrected chi connectivity index (χ4v) is 9.75. The summed E-state index contributed by atoms with van der Waals surface area (Å²) in [6, 6.07) is 0. The summed E-state index contributed by atoms with van der Waals surface area (Å²) < 4.78 is 16.9. The van der Waals surface area contributed by atoms with Crippen LogP contribution in [0.1, 0.15) is 355 Å². The van der Waals surface area contributed by atoms with Crippen molar-refractivity contribution in [2.24, 2.45) is 0 Å². The summed E-state index contributed by atoms with van der Waals surface area (Å²) in [5.41, 5.74) is 0. The molecule has 0 amide bonds. The van der Waals surface area contributed by atoms with E-state index in [2.05, 4.69) is 57.2 Å². The van der Waals surface area contributed by atoms with Crippen LogP contribution in [-0.4, -0.2) is 37.2 Å². The molecule has 0 N–H and O–H groups in total. The van der Waals surface area contributed by atoms with Gasteiger partial charge in [-0.25, -0.2) is 0 Å². The highest BCUT2D eigenvalue weighted by Crippen LogP contribution is 2.18. The van der Waals surface area contributed by atoms with Crippen molar-refractivity contribution in [3.63, 3.8) is 0 Å². The average Bonchev–Trinajstić information content (AvgIpc) is 3.39. The molecule has 1 atom stereocenters. The number of carbonyl (C=O) groups excluding carboxylic acids is 3. The van der Waals surface area contributed by atoms with Gasteiger partial charge in [0.2, 0.25) is 0 Å². The Morgan fingerprint density at radius 2 is 0.493 bits per heavy atom. The van der Waals surface area contributed by atoms with Crippen LogP contribution >= 0.6 is 0 Å². The van der Waals surface area contributed by atoms with E-state index in [1.807, 2.05) is 0 Å². The van der Waals surface area contributed by atoms with Crippen molar-refractivity contribution < 1.29 is 28.6 Å². The van der Waals surface area contributed by atoms with Gasteiger partial charge in [0.05, 0.1) is 0 Å². The number of esters is 3. The molecule has 0 aromatic carbocycles. The highest BCUT2D eigenvalue weighted by atomic mass is 16.6. The van der Waals surface area contributed by atoms with Gasteiger partial charge in [-0.1, -0.05) is 314 Å². The van der Waals surface area contributed by atoms with E-state index in [0.717, 1.165) is 70.6 Å². The first-order chi connectivity index (χ1) is 36.0. The summed E-state index contributed by atoms with van der Waals surface area (Å²) in [5, 5.41) is 0. The maximum Gasteiger partial charge on any atom is 0.306 e. The average molecular weight is 1030 g/mol. The van der Waals surface area contributed by atoms with Gasteiger partial charge in [-0.15, -0.1) is 0 Å². The van der Waals surface area contributed by atoms with Crippen LogP contribution in [-0.2, 0) is 28.6 Å². The van der Waals surface area contributed by atoms with Gasteiger partial charge in [-0.3, -0.25) is 14.4 Å². The highest BCUT2D eigenvalue weighted by molar-refractivity contribution is 5.71. The number of carbonyl (C=O) groups is 3. The van der Waals surface area contributed by atoms with Crippen LogP contribution in [0.25, 0.3) is 0 Å². The minimum absolute atomic E-state index is 0.0663. The quantitative estimate of drug-likeness (QED) is 0.0261. The third-order valence-corrected chi connectivity index (χ3v) is 14.6. The van der Waals surface area contributed by atoms with E-state index in [1.54, 1.807) is 0 Å². The standard InChI is InChI=1S/C67H124O6/c1-4-7-10-13-16-19-21-23-25-27-28-29-30-31-32-33-34-35-36-37-38-40-41-43-45-48-51-54-57-60-66(69)72-63-64(62-71-65(68)59-56-53-50-47-18-15-12-9-6-3)73-67(70)61-58-55-52-49-46-44-42-39-26-24-22-20-17-14-11-8-5-2/h21,23,27-28,30-31,64H,4-20,22,24-26,29,32-63H2,1-3H3/b23-21-,28-27-,31-30-. The molecule has 0 aliphatic carbocycles. The zero-order valence-electron chi connectivity index (χ0n) is 49.2. The summed E-state index contributed by atoms with van der Waals surface area (Å²) in [6.45, 7) is 6.66. The zero-order chi connectivity index (χ0) is 52.9. The smallest absolute Gasteiger partial charge is 0.306 e. The second kappa shape index (κ2) is 62.2. The van der Waals surface area contributed by atoms with E-state index in [-0.39, 0.29) is 31.1 Å². The number of allylic oxidation sites excluding steroid dienone is 6. The molecule has 0 saturated carbocycles. The molecule has 73 heavy (non-hydrogen) atoms. The van der Waals surface area contributed by atoms with E-state index in [4.69, 9.17) is 14.2 Å². The molecule has 0 saturated heterocycles. The Balaban J connectivity index is 4.11. The SMILES string of the molecule is CCCCCCC/C=C\C/C=C\C/C=C\CCCCCCCCCCCCCCCCC(=O)OCC(COC(=O)CCCCCCCCCCC)OC(=O)CCCCCCCCCCCCCCCCCCC. The predicted molar refractivity (Wildman–Crippen MR) is 316 cm³/mol. The van der Waals surface area contributed by atoms with E-state index in [9.17, 15) is 14.4 Å². The minimum atomic E-state index is -0.766. The molecule has 6 nitrogen and oxygen atoms in total. The molecule has 0 bridgehead atoms. The van der Waals surface area contributed by atoms with Crippen LogP contribution in [0.4, 0.5) is 0 Å². The number of hydrogen-bond acceptors (Lipinski definition) is 6. The number of hydrogen-bond donors (Lipinski definition) is 0. The number of ether oxygens (including phenoxy) is 3. The Morgan fingerprint density at radius 1 is 0.274 bits per heavy atom. The monoisotopic (exact) mass is 1020 g/mol. The molecule has 0 aliphatic heterocycles. The number of rotatable bonds is 60. The molecule has 0 spiro atoms. The van der Waals surface area contributed by atoms with Crippen LogP contribution in [0.3, 0.4) is 0 Å². The topological polar surface area (TPSA) is 78.9 Å². The molecule has 0 rings (SSSR count). The second-order valence-electron chi connectivity index (χ2n) is 22.0. The fourth-order valence-electron chi connectivity index (χ4n) is 9.75. The van der Waals surface area contributed by atoms with Crippen molar-refractivity contribution in [3.8, 4) is 0 Å². The first-order valence-electron chi connectivity index (χ1n) is 32.5. The van der Waals surface area contributed by atoms with E-state index < -0.39 is 6.10 Å². The van der Waals surface area contributed by atoms with Gasteiger partial charge >= 0.3 is 17.9 Å². The third-order valence-electron chi connectivity index (χ3n) is 14.6. The Bertz CT molecular complexity index is 1220. The maximum atomic E-state index is 12.9. The molecule has 6 heteroatoms. The second-order valence-corrected chi connectivity index (χ2v) is 22.0. The third kappa shape index (κ3) is 60.4. The summed E-state index contributed by atoms with van der Waals surface area (Å²) in [4.78, 5) is 38.2. The highest BCUT2D eigenvalue weighted by Gasteiger charge is 2.19. The first kappa shape index (κ1) is 70.6. The van der Waals surface area contributed by atoms with Crippen LogP contribution in [0.2, 0.25) is 0 Å². The van der Waals surface area contributed by atoms with Gasteiger partial charge in [-0.05, 0) is 57.8 Å². The van der Waals surface area contributed by atoms with Crippen LogP contribution in [0.15, 0.2) is 36.5 Å². The van der Waals surface area contributed by atoms with Crippen LogP contribution in [0, 0.1) is 0 Å². The van der Waals surface area contributed by atoms with Gasteiger partial charge < -0.3 is 14.2 Å². The predicted octanol–water partition coefficient (Wildman–Crippen LogP) is 22.0. The van der Waals surface area contributed by atoms with E-state index in [1.165, 1.54) is 244 Å². The minimum Gasteiger partial charge on any atom is -0.462 e. The summed E-state index contributed by atoms with van der Waals surface area (Å²) in [5.74, 6) is -0.846. The summed E-state index contributed by atoms with van der Waals surface area (Å²) >= 11 is 0. The zero-order valence-corrected chi connectivity index (χ0v) is 49.2. The lowest BCUT2D eigenvalue weighted by Gasteiger charge is -2.18. The largest absolute Gasteiger partial charge is 0.462 e. The Labute approximate surface area is 455 Å².